The van der Waals surface area contributed by atoms with Crippen molar-refractivity contribution in [1.82, 2.24) is 0 Å². The lowest BCUT2D eigenvalue weighted by Crippen LogP contribution is -2.28. The average molecular weight is 545 g/mol. The fourth-order valence-electron chi connectivity index (χ4n) is 3.45. The molecule has 2 aromatic carbocycles. The molecule has 3 aromatic rings. The molecule has 1 aromatic heterocycles. The molecule has 0 aliphatic rings. The Hall–Kier alpha value is -2.97. The minimum Gasteiger partial charge on any atom is -0.444 e. The van der Waals surface area contributed by atoms with Crippen molar-refractivity contribution in [3.05, 3.63) is 71.1 Å². The van der Waals surface area contributed by atoms with Crippen molar-refractivity contribution in [2.75, 3.05) is 30.5 Å². The number of ether oxygens (including phenoxy) is 1. The first kappa shape index (κ1) is 28.6. The molecule has 0 saturated carbocycles. The van der Waals surface area contributed by atoms with Crippen LogP contribution >= 0.6 is 18.9 Å². The van der Waals surface area contributed by atoms with Crippen LogP contribution in [0.4, 0.5) is 16.2 Å². The van der Waals surface area contributed by atoms with Gasteiger partial charge < -0.3 is 19.1 Å². The number of rotatable bonds is 10. The molecule has 10 heteroatoms. The van der Waals surface area contributed by atoms with Crippen molar-refractivity contribution in [3.8, 4) is 10.4 Å². The summed E-state index contributed by atoms with van der Waals surface area (Å²) in [6, 6.07) is 16.4. The van der Waals surface area contributed by atoms with E-state index >= 15 is 0 Å². The molecule has 1 atom stereocenters. The molecule has 1 heterocycles. The number of thiophene rings is 1. The van der Waals surface area contributed by atoms with Gasteiger partial charge in [0.15, 0.2) is 0 Å². The Morgan fingerprint density at radius 2 is 1.70 bits per heavy atom. The molecule has 0 unspecified atom stereocenters. The monoisotopic (exact) mass is 544 g/mol. The lowest BCUT2D eigenvalue weighted by Gasteiger charge is -2.22. The lowest BCUT2D eigenvalue weighted by molar-refractivity contribution is 0.0635. The summed E-state index contributed by atoms with van der Waals surface area (Å²) in [6.45, 7) is 9.14. The predicted molar refractivity (Wildman–Crippen MR) is 149 cm³/mol. The Morgan fingerprint density at radius 1 is 0.973 bits per heavy atom. The topological polar surface area (TPSA) is 103 Å². The summed E-state index contributed by atoms with van der Waals surface area (Å²) in [5.74, 6) is -0.326. The van der Waals surface area contributed by atoms with E-state index in [0.717, 1.165) is 16.0 Å². The number of hydrogen-bond acceptors (Lipinski definition) is 7. The molecule has 0 saturated heterocycles. The highest BCUT2D eigenvalue weighted by Crippen LogP contribution is 2.43. The van der Waals surface area contributed by atoms with Gasteiger partial charge in [0.05, 0.1) is 24.6 Å². The lowest BCUT2D eigenvalue weighted by atomic mass is 10.1. The smallest absolute Gasteiger partial charge is 0.412 e. The van der Waals surface area contributed by atoms with E-state index in [1.54, 1.807) is 45.9 Å². The third kappa shape index (κ3) is 8.83. The molecule has 0 aliphatic heterocycles. The molecule has 198 valence electrons. The molecule has 3 rings (SSSR count). The number of nitrogens with one attached hydrogen (secondary N) is 2. The maximum absolute atomic E-state index is 13.1. The maximum atomic E-state index is 13.1. The van der Waals surface area contributed by atoms with Crippen LogP contribution in [0.2, 0.25) is 0 Å². The van der Waals surface area contributed by atoms with Gasteiger partial charge in [0.2, 0.25) is 0 Å². The van der Waals surface area contributed by atoms with Gasteiger partial charge in [-0.3, -0.25) is 14.7 Å². The highest BCUT2D eigenvalue weighted by atomic mass is 32.1. The summed E-state index contributed by atoms with van der Waals surface area (Å²) in [5, 5.41) is 7.67. The second kappa shape index (κ2) is 12.5. The van der Waals surface area contributed by atoms with Gasteiger partial charge in [-0.05, 0) is 69.3 Å². The Morgan fingerprint density at radius 3 is 2.32 bits per heavy atom. The van der Waals surface area contributed by atoms with Gasteiger partial charge in [0, 0.05) is 22.7 Å². The number of amides is 2. The zero-order valence-corrected chi connectivity index (χ0v) is 23.4. The van der Waals surface area contributed by atoms with Crippen LogP contribution in [0.3, 0.4) is 0 Å². The molecule has 2 N–H and O–H groups in total. The zero-order chi connectivity index (χ0) is 27.1. The van der Waals surface area contributed by atoms with Gasteiger partial charge in [-0.1, -0.05) is 30.3 Å². The summed E-state index contributed by atoms with van der Waals surface area (Å²) in [5.41, 5.74) is 2.39. The number of hydrogen-bond donors (Lipinski definition) is 2. The van der Waals surface area contributed by atoms with Crippen LogP contribution in [0.5, 0.6) is 0 Å². The molecule has 37 heavy (non-hydrogen) atoms. The van der Waals surface area contributed by atoms with Gasteiger partial charge in [0.1, 0.15) is 5.60 Å². The standard InChI is InChI=1S/C27H33N2O6PS/c1-6-33-36(5,32)34-17-16-19-12-14-20(15-13-19)25(30)28-22-10-7-9-21(23-11-8-18-37-23)24(22)29-26(31)35-27(2,3)4/h7-15,18H,6,16-17H2,1-5H3,(H,28,30)(H,29,31)/t36-/m0/s1. The molecule has 0 radical (unpaired) electrons. The van der Waals surface area contributed by atoms with Crippen LogP contribution in [0.25, 0.3) is 10.4 Å². The normalized spacial score (nSPS) is 13.0. The highest BCUT2D eigenvalue weighted by Gasteiger charge is 2.21. The Kier molecular flexibility index (Phi) is 9.68. The van der Waals surface area contributed by atoms with E-state index < -0.39 is 19.3 Å². The maximum Gasteiger partial charge on any atom is 0.412 e. The van der Waals surface area contributed by atoms with Crippen LogP contribution in [0.1, 0.15) is 43.6 Å². The van der Waals surface area contributed by atoms with Crippen LogP contribution in [-0.4, -0.2) is 37.5 Å². The largest absolute Gasteiger partial charge is 0.444 e. The van der Waals surface area contributed by atoms with Crippen molar-refractivity contribution in [2.24, 2.45) is 0 Å². The predicted octanol–water partition coefficient (Wildman–Crippen LogP) is 7.43. The molecule has 2 amide bonds. The second-order valence-electron chi connectivity index (χ2n) is 9.26. The molecular formula is C27H33N2O6PS. The summed E-state index contributed by atoms with van der Waals surface area (Å²) in [4.78, 5) is 26.6. The second-order valence-corrected chi connectivity index (χ2v) is 12.3. The number of carbonyl (C=O) groups is 2. The quantitative estimate of drug-likeness (QED) is 0.257. The summed E-state index contributed by atoms with van der Waals surface area (Å²) < 4.78 is 28.0. The van der Waals surface area contributed by atoms with Crippen LogP contribution in [0.15, 0.2) is 60.0 Å². The van der Waals surface area contributed by atoms with E-state index in [4.69, 9.17) is 13.8 Å². The van der Waals surface area contributed by atoms with Crippen molar-refractivity contribution >= 4 is 42.3 Å². The Bertz CT molecular complexity index is 1250. The average Bonchev–Trinajstić information content (AvgIpc) is 3.34. The fraction of sp³-hybridized carbons (Fsp3) is 0.333. The van der Waals surface area contributed by atoms with E-state index in [9.17, 15) is 14.2 Å². The first-order valence-corrected chi connectivity index (χ1v) is 14.8. The van der Waals surface area contributed by atoms with Gasteiger partial charge in [-0.25, -0.2) is 4.79 Å². The minimum atomic E-state index is -3.05. The van der Waals surface area contributed by atoms with Gasteiger partial charge in [-0.15, -0.1) is 11.3 Å². The highest BCUT2D eigenvalue weighted by molar-refractivity contribution is 7.52. The van der Waals surface area contributed by atoms with Crippen molar-refractivity contribution in [1.29, 1.82) is 0 Å². The number of anilines is 2. The van der Waals surface area contributed by atoms with Crippen molar-refractivity contribution < 1.29 is 27.9 Å². The van der Waals surface area contributed by atoms with Crippen molar-refractivity contribution in [3.63, 3.8) is 0 Å². The van der Waals surface area contributed by atoms with Gasteiger partial charge in [-0.2, -0.15) is 0 Å². The minimum absolute atomic E-state index is 0.245. The van der Waals surface area contributed by atoms with Gasteiger partial charge in [0.25, 0.3) is 5.91 Å². The summed E-state index contributed by atoms with van der Waals surface area (Å²) >= 11 is 1.53. The van der Waals surface area contributed by atoms with E-state index in [1.807, 2.05) is 41.8 Å². The van der Waals surface area contributed by atoms with E-state index in [0.29, 0.717) is 30.0 Å². The molecule has 8 nitrogen and oxygen atoms in total. The summed E-state index contributed by atoms with van der Waals surface area (Å²) in [7, 11) is -3.05. The van der Waals surface area contributed by atoms with Crippen LogP contribution in [0, 0.1) is 0 Å². The molecular weight excluding hydrogens is 511 g/mol. The van der Waals surface area contributed by atoms with Crippen LogP contribution < -0.4 is 10.6 Å². The van der Waals surface area contributed by atoms with E-state index in [1.165, 1.54) is 18.0 Å². The third-order valence-electron chi connectivity index (χ3n) is 5.02. The van der Waals surface area contributed by atoms with E-state index in [2.05, 4.69) is 10.6 Å². The molecule has 0 fully saturated rings. The fourth-order valence-corrected chi connectivity index (χ4v) is 5.18. The Balaban J connectivity index is 1.75. The van der Waals surface area contributed by atoms with E-state index in [-0.39, 0.29) is 12.5 Å². The first-order valence-electron chi connectivity index (χ1n) is 11.9. The SMILES string of the molecule is CCO[P@](C)(=O)OCCc1ccc(C(=O)Nc2cccc(-c3cccs3)c2NC(=O)OC(C)(C)C)cc1. The molecule has 0 spiro atoms. The number of benzene rings is 2. The number of carbonyl (C=O) groups excluding carboxylic acids is 2. The zero-order valence-electron chi connectivity index (χ0n) is 21.7. The Labute approximate surface area is 221 Å². The summed E-state index contributed by atoms with van der Waals surface area (Å²) in [6.07, 6.45) is -0.0841. The first-order chi connectivity index (χ1) is 17.5. The number of para-hydroxylation sites is 1. The van der Waals surface area contributed by atoms with Gasteiger partial charge >= 0.3 is 13.7 Å². The third-order valence-corrected chi connectivity index (χ3v) is 7.30. The van der Waals surface area contributed by atoms with Crippen LogP contribution in [-0.2, 0) is 24.8 Å². The molecule has 0 aliphatic carbocycles. The molecule has 0 bridgehead atoms. The van der Waals surface area contributed by atoms with Crippen molar-refractivity contribution in [2.45, 2.75) is 39.7 Å².